The smallest absolute Gasteiger partial charge is 0.331 e. The second-order valence-electron chi connectivity index (χ2n) is 14.7. The molecule has 48 heavy (non-hydrogen) atoms. The van der Waals surface area contributed by atoms with Gasteiger partial charge in [0.05, 0.1) is 39.1 Å². The predicted octanol–water partition coefficient (Wildman–Crippen LogP) is 5.02. The fourth-order valence-electron chi connectivity index (χ4n) is 10.3. The van der Waals surface area contributed by atoms with Gasteiger partial charge in [-0.15, -0.1) is 0 Å². The molecule has 0 aromatic heterocycles. The summed E-state index contributed by atoms with van der Waals surface area (Å²) in [7, 11) is 0. The quantitative estimate of drug-likeness (QED) is 0.163. The molecule has 4 fully saturated rings. The summed E-state index contributed by atoms with van der Waals surface area (Å²) in [4.78, 5) is 38.4. The first-order valence-electron chi connectivity index (χ1n) is 16.9. The average Bonchev–Trinajstić information content (AvgIpc) is 3.60. The molecule has 5 aliphatic rings. The number of ether oxygens (including phenoxy) is 1. The van der Waals surface area contributed by atoms with Crippen molar-refractivity contribution < 1.29 is 34.4 Å². The van der Waals surface area contributed by atoms with Crippen LogP contribution in [0.5, 0.6) is 0 Å². The number of esters is 1. The fraction of sp³-hybridized carbons (Fsp3) is 0.514. The molecule has 2 aromatic rings. The Morgan fingerprint density at radius 2 is 1.67 bits per heavy atom. The minimum atomic E-state index is -1.27. The van der Waals surface area contributed by atoms with Gasteiger partial charge in [0, 0.05) is 29.5 Å². The highest BCUT2D eigenvalue weighted by Gasteiger charge is 2.71. The lowest BCUT2D eigenvalue weighted by molar-refractivity contribution is -0.237. The summed E-state index contributed by atoms with van der Waals surface area (Å²) in [5.41, 5.74) is 0.724. The molecule has 2 amide bonds. The molecule has 10 nitrogen and oxygen atoms in total. The standard InChI is InChI=1S/C37H42ClN3O7/c1-34-14-11-27-28(37(34,47)17-13-26(34)22-18-31(43)48-20-22)12-16-36(46)19-23(42)10-15-35(27,36)21-39-41-33(45)25-7-3-5-9-30(25)40-32(44)24-6-2-4-8-29(24)38/h2-9,18,21,23,26-28,42,46-47H,10-17,19-20H2,1H3,(H,40,44)(H,41,45)/b39-21+/t23-,26+,27+,28-,34-,35+,36+,37-/m1/s1. The van der Waals surface area contributed by atoms with Crippen molar-refractivity contribution in [3.63, 3.8) is 0 Å². The Hall–Kier alpha value is -3.57. The van der Waals surface area contributed by atoms with Crippen LogP contribution in [0.4, 0.5) is 5.69 Å². The van der Waals surface area contributed by atoms with Crippen molar-refractivity contribution in [3.05, 3.63) is 76.3 Å². The van der Waals surface area contributed by atoms with E-state index in [1.54, 1.807) is 60.8 Å². The first kappa shape index (κ1) is 33.0. The third-order valence-electron chi connectivity index (χ3n) is 12.6. The number of halogens is 1. The second kappa shape index (κ2) is 12.1. The number of nitrogens with zero attached hydrogens (tertiary/aromatic N) is 1. The van der Waals surface area contributed by atoms with Crippen LogP contribution < -0.4 is 10.7 Å². The molecule has 0 saturated heterocycles. The zero-order valence-electron chi connectivity index (χ0n) is 27.0. The number of carbonyl (C=O) groups is 3. The molecule has 11 heteroatoms. The maximum atomic E-state index is 13.5. The second-order valence-corrected chi connectivity index (χ2v) is 15.1. The molecular weight excluding hydrogens is 634 g/mol. The summed E-state index contributed by atoms with van der Waals surface area (Å²) in [6, 6.07) is 13.2. The van der Waals surface area contributed by atoms with Crippen molar-refractivity contribution in [1.29, 1.82) is 0 Å². The van der Waals surface area contributed by atoms with Gasteiger partial charge in [0.2, 0.25) is 0 Å². The first-order valence-corrected chi connectivity index (χ1v) is 17.3. The van der Waals surface area contributed by atoms with Gasteiger partial charge in [0.15, 0.2) is 0 Å². The number of anilines is 1. The van der Waals surface area contributed by atoms with Crippen LogP contribution in [0.2, 0.25) is 5.02 Å². The Bertz CT molecular complexity index is 1710. The largest absolute Gasteiger partial charge is 0.458 e. The molecule has 0 bridgehead atoms. The van der Waals surface area contributed by atoms with E-state index in [4.69, 9.17) is 16.3 Å². The Balaban J connectivity index is 1.15. The van der Waals surface area contributed by atoms with Crippen LogP contribution in [0, 0.1) is 28.6 Å². The van der Waals surface area contributed by atoms with E-state index < -0.39 is 40.0 Å². The minimum absolute atomic E-state index is 0.0336. The lowest BCUT2D eigenvalue weighted by atomic mass is 9.41. The highest BCUT2D eigenvalue weighted by Crippen LogP contribution is 2.70. The number of nitrogens with one attached hydrogen (secondary N) is 2. The summed E-state index contributed by atoms with van der Waals surface area (Å²) < 4.78 is 5.25. The van der Waals surface area contributed by atoms with E-state index in [-0.39, 0.29) is 58.6 Å². The summed E-state index contributed by atoms with van der Waals surface area (Å²) in [5, 5.41) is 43.1. The van der Waals surface area contributed by atoms with Crippen LogP contribution >= 0.6 is 11.6 Å². The van der Waals surface area contributed by atoms with Gasteiger partial charge in [-0.1, -0.05) is 42.8 Å². The van der Waals surface area contributed by atoms with E-state index in [1.165, 1.54) is 0 Å². The minimum Gasteiger partial charge on any atom is -0.458 e. The van der Waals surface area contributed by atoms with Crippen LogP contribution in [-0.4, -0.2) is 63.2 Å². The number of hydrazone groups is 1. The Labute approximate surface area is 284 Å². The molecule has 1 heterocycles. The average molecular weight is 676 g/mol. The highest BCUT2D eigenvalue weighted by molar-refractivity contribution is 6.34. The lowest BCUT2D eigenvalue weighted by Crippen LogP contribution is -2.68. The van der Waals surface area contributed by atoms with E-state index in [9.17, 15) is 29.7 Å². The summed E-state index contributed by atoms with van der Waals surface area (Å²) >= 11 is 6.21. The Morgan fingerprint density at radius 1 is 0.938 bits per heavy atom. The van der Waals surface area contributed by atoms with E-state index in [0.29, 0.717) is 38.5 Å². The Morgan fingerprint density at radius 3 is 2.42 bits per heavy atom. The summed E-state index contributed by atoms with van der Waals surface area (Å²) in [5.74, 6) is -1.57. The Kier molecular flexibility index (Phi) is 8.30. The van der Waals surface area contributed by atoms with Gasteiger partial charge >= 0.3 is 5.97 Å². The number of rotatable bonds is 6. The van der Waals surface area contributed by atoms with Gasteiger partial charge < -0.3 is 25.4 Å². The van der Waals surface area contributed by atoms with Crippen LogP contribution in [-0.2, 0) is 9.53 Å². The highest BCUT2D eigenvalue weighted by atomic mass is 35.5. The zero-order valence-corrected chi connectivity index (χ0v) is 27.7. The van der Waals surface area contributed by atoms with Gasteiger partial charge in [-0.05, 0) is 99.0 Å². The molecule has 0 unspecified atom stereocenters. The monoisotopic (exact) mass is 675 g/mol. The maximum absolute atomic E-state index is 13.5. The molecule has 0 spiro atoms. The number of aliphatic hydroxyl groups is 3. The number of fused-ring (bicyclic) bond motifs is 5. The van der Waals surface area contributed by atoms with Gasteiger partial charge in [0.25, 0.3) is 11.8 Å². The summed E-state index contributed by atoms with van der Waals surface area (Å²) in [6.45, 7) is 2.41. The molecular formula is C37H42ClN3O7. The SMILES string of the molecule is C[C@]12CC[C@H]3[C@@H](CC[C@]4(O)C[C@H](O)CC[C@]34/C=N/NC(=O)c3ccccc3NC(=O)c3ccccc3Cl)[C@]1(O)CC[C@H]2C1=CC(=O)OC1. The third kappa shape index (κ3) is 5.11. The van der Waals surface area contributed by atoms with Crippen LogP contribution in [0.25, 0.3) is 0 Å². The van der Waals surface area contributed by atoms with Crippen molar-refractivity contribution in [2.45, 2.75) is 82.0 Å². The van der Waals surface area contributed by atoms with Crippen molar-refractivity contribution in [2.75, 3.05) is 11.9 Å². The molecule has 7 rings (SSSR count). The number of aliphatic hydroxyl groups excluding tert-OH is 1. The normalized spacial score (nSPS) is 37.2. The van der Waals surface area contributed by atoms with E-state index in [0.717, 1.165) is 18.4 Å². The topological polar surface area (TPSA) is 158 Å². The number of benzene rings is 2. The van der Waals surface area contributed by atoms with Crippen molar-refractivity contribution in [3.8, 4) is 0 Å². The zero-order chi connectivity index (χ0) is 33.9. The predicted molar refractivity (Wildman–Crippen MR) is 179 cm³/mol. The van der Waals surface area contributed by atoms with Gasteiger partial charge in [-0.2, -0.15) is 5.10 Å². The van der Waals surface area contributed by atoms with Crippen LogP contribution in [0.1, 0.15) is 85.4 Å². The number of cyclic esters (lactones) is 1. The fourth-order valence-corrected chi connectivity index (χ4v) is 10.5. The number of hydrogen-bond donors (Lipinski definition) is 5. The van der Waals surface area contributed by atoms with E-state index in [2.05, 4.69) is 22.8 Å². The maximum Gasteiger partial charge on any atom is 0.331 e. The van der Waals surface area contributed by atoms with E-state index >= 15 is 0 Å². The molecule has 0 radical (unpaired) electrons. The molecule has 2 aromatic carbocycles. The summed E-state index contributed by atoms with van der Waals surface area (Å²) in [6.07, 6.45) is 7.46. The van der Waals surface area contributed by atoms with Crippen molar-refractivity contribution in [2.24, 2.45) is 33.7 Å². The molecule has 5 N–H and O–H groups in total. The van der Waals surface area contributed by atoms with Crippen molar-refractivity contribution >= 4 is 41.3 Å². The van der Waals surface area contributed by atoms with Gasteiger partial charge in [-0.3, -0.25) is 9.59 Å². The van der Waals surface area contributed by atoms with Crippen LogP contribution in [0.15, 0.2) is 65.3 Å². The molecule has 4 saturated carbocycles. The number of para-hydroxylation sites is 1. The third-order valence-corrected chi connectivity index (χ3v) is 13.0. The first-order chi connectivity index (χ1) is 22.9. The van der Waals surface area contributed by atoms with Gasteiger partial charge in [-0.25, -0.2) is 10.2 Å². The van der Waals surface area contributed by atoms with Crippen molar-refractivity contribution in [1.82, 2.24) is 5.43 Å². The van der Waals surface area contributed by atoms with Gasteiger partial charge in [0.1, 0.15) is 6.61 Å². The molecule has 254 valence electrons. The molecule has 4 aliphatic carbocycles. The van der Waals surface area contributed by atoms with E-state index in [1.807, 2.05) is 0 Å². The number of carbonyl (C=O) groups excluding carboxylic acids is 3. The number of amides is 2. The lowest BCUT2D eigenvalue weighted by Gasteiger charge is -2.65. The number of hydrogen-bond acceptors (Lipinski definition) is 8. The van der Waals surface area contributed by atoms with Crippen LogP contribution in [0.3, 0.4) is 0 Å². The molecule has 1 aliphatic heterocycles. The molecule has 8 atom stereocenters.